The molecule has 13 heavy (non-hydrogen) atoms. The number of benzene rings is 1. The Kier molecular flexibility index (Phi) is 3.31. The Morgan fingerprint density at radius 2 is 2.08 bits per heavy atom. The van der Waals surface area contributed by atoms with Gasteiger partial charge in [-0.25, -0.2) is 8.78 Å². The van der Waals surface area contributed by atoms with Crippen molar-refractivity contribution in [3.05, 3.63) is 35.4 Å². The third-order valence-corrected chi connectivity index (χ3v) is 2.06. The zero-order chi connectivity index (χ0) is 9.90. The van der Waals surface area contributed by atoms with Gasteiger partial charge in [-0.2, -0.15) is 12.6 Å². The predicted molar refractivity (Wildman–Crippen MR) is 53.6 cm³/mol. The molecule has 1 aromatic rings. The van der Waals surface area contributed by atoms with Crippen LogP contribution in [0.5, 0.6) is 0 Å². The van der Waals surface area contributed by atoms with Gasteiger partial charge < -0.3 is 0 Å². The maximum atomic E-state index is 12.9. The van der Waals surface area contributed by atoms with Gasteiger partial charge in [-0.05, 0) is 23.8 Å². The molecule has 0 unspecified atom stereocenters. The first-order valence-corrected chi connectivity index (χ1v) is 4.75. The van der Waals surface area contributed by atoms with E-state index in [0.29, 0.717) is 5.75 Å². The molecule has 0 N–H and O–H groups in total. The molecule has 0 spiro atoms. The van der Waals surface area contributed by atoms with Crippen molar-refractivity contribution in [2.45, 2.75) is 19.3 Å². The molecule has 0 saturated heterocycles. The minimum absolute atomic E-state index is 0.0757. The third-order valence-electron chi connectivity index (χ3n) is 1.83. The van der Waals surface area contributed by atoms with E-state index < -0.39 is 5.92 Å². The summed E-state index contributed by atoms with van der Waals surface area (Å²) in [4.78, 5) is 0. The van der Waals surface area contributed by atoms with Crippen molar-refractivity contribution in [1.82, 2.24) is 0 Å². The van der Waals surface area contributed by atoms with Crippen LogP contribution in [-0.2, 0) is 12.3 Å². The van der Waals surface area contributed by atoms with Gasteiger partial charge in [0.2, 0.25) is 0 Å². The molecule has 0 nitrogen and oxygen atoms in total. The van der Waals surface area contributed by atoms with E-state index in [4.69, 9.17) is 0 Å². The zero-order valence-corrected chi connectivity index (χ0v) is 8.32. The zero-order valence-electron chi connectivity index (χ0n) is 7.43. The van der Waals surface area contributed by atoms with E-state index in [9.17, 15) is 8.78 Å². The molecule has 3 heteroatoms. The molecule has 1 aromatic carbocycles. The largest absolute Gasteiger partial charge is 0.270 e. The van der Waals surface area contributed by atoms with Gasteiger partial charge in [-0.1, -0.05) is 18.2 Å². The van der Waals surface area contributed by atoms with E-state index in [1.165, 1.54) is 12.1 Å². The van der Waals surface area contributed by atoms with Gasteiger partial charge in [0.15, 0.2) is 0 Å². The molecule has 0 aromatic heterocycles. The Bertz CT molecular complexity index is 278. The second kappa shape index (κ2) is 4.09. The van der Waals surface area contributed by atoms with Crippen LogP contribution in [0.1, 0.15) is 18.1 Å². The van der Waals surface area contributed by atoms with E-state index >= 15 is 0 Å². The Hall–Kier alpha value is -0.570. The first-order chi connectivity index (χ1) is 6.04. The van der Waals surface area contributed by atoms with Crippen molar-refractivity contribution in [1.29, 1.82) is 0 Å². The summed E-state index contributed by atoms with van der Waals surface area (Å²) in [5, 5.41) is 0. The number of hydrogen-bond acceptors (Lipinski definition) is 1. The number of hydrogen-bond donors (Lipinski definition) is 1. The first-order valence-electron chi connectivity index (χ1n) is 4.12. The van der Waals surface area contributed by atoms with Crippen molar-refractivity contribution in [3.63, 3.8) is 0 Å². The van der Waals surface area contributed by atoms with Crippen LogP contribution < -0.4 is 0 Å². The molecular weight excluding hydrogens is 190 g/mol. The summed E-state index contributed by atoms with van der Waals surface area (Å²) < 4.78 is 25.7. The second-order valence-electron chi connectivity index (χ2n) is 3.06. The summed E-state index contributed by atoms with van der Waals surface area (Å²) in [6.07, 6.45) is 0.729. The van der Waals surface area contributed by atoms with Gasteiger partial charge in [0.25, 0.3) is 5.92 Å². The molecule has 1 rings (SSSR count). The summed E-state index contributed by atoms with van der Waals surface area (Å²) in [5.41, 5.74) is 0.987. The van der Waals surface area contributed by atoms with Crippen LogP contribution >= 0.6 is 12.6 Å². The van der Waals surface area contributed by atoms with Gasteiger partial charge in [-0.3, -0.25) is 0 Å². The summed E-state index contributed by atoms with van der Waals surface area (Å²) in [6, 6.07) is 6.48. The quantitative estimate of drug-likeness (QED) is 0.714. The number of halogens is 2. The SMILES string of the molecule is CC(F)(F)c1cccc(CCS)c1. The monoisotopic (exact) mass is 202 g/mol. The first kappa shape index (κ1) is 10.5. The lowest BCUT2D eigenvalue weighted by Crippen LogP contribution is -2.07. The highest BCUT2D eigenvalue weighted by Gasteiger charge is 2.23. The molecule has 0 amide bonds. The fourth-order valence-corrected chi connectivity index (χ4v) is 1.39. The van der Waals surface area contributed by atoms with Crippen molar-refractivity contribution in [3.8, 4) is 0 Å². The third kappa shape index (κ3) is 2.99. The minimum Gasteiger partial charge on any atom is -0.202 e. The van der Waals surface area contributed by atoms with Crippen molar-refractivity contribution < 1.29 is 8.78 Å². The van der Waals surface area contributed by atoms with Crippen molar-refractivity contribution in [2.24, 2.45) is 0 Å². The van der Waals surface area contributed by atoms with E-state index in [1.807, 2.05) is 6.07 Å². The van der Waals surface area contributed by atoms with Gasteiger partial charge in [-0.15, -0.1) is 0 Å². The van der Waals surface area contributed by atoms with Gasteiger partial charge >= 0.3 is 0 Å². The minimum atomic E-state index is -2.74. The Morgan fingerprint density at radius 3 is 2.62 bits per heavy atom. The number of aryl methyl sites for hydroxylation is 1. The standard InChI is InChI=1S/C10H12F2S/c1-10(11,12)9-4-2-3-8(7-9)5-6-13/h2-4,7,13H,5-6H2,1H3. The van der Waals surface area contributed by atoms with Crippen LogP contribution in [0.3, 0.4) is 0 Å². The van der Waals surface area contributed by atoms with Crippen LogP contribution in [-0.4, -0.2) is 5.75 Å². The highest BCUT2D eigenvalue weighted by molar-refractivity contribution is 7.80. The maximum Gasteiger partial charge on any atom is 0.270 e. The van der Waals surface area contributed by atoms with Crippen LogP contribution in [0.2, 0.25) is 0 Å². The molecule has 0 aliphatic heterocycles. The van der Waals surface area contributed by atoms with Crippen LogP contribution in [0, 0.1) is 0 Å². The molecule has 0 bridgehead atoms. The summed E-state index contributed by atoms with van der Waals surface area (Å²) in [7, 11) is 0. The number of alkyl halides is 2. The predicted octanol–water partition coefficient (Wildman–Crippen LogP) is 3.27. The molecule has 0 atom stereocenters. The number of thiol groups is 1. The van der Waals surface area contributed by atoms with Gasteiger partial charge in [0.05, 0.1) is 0 Å². The van der Waals surface area contributed by atoms with Crippen LogP contribution in [0.4, 0.5) is 8.78 Å². The van der Waals surface area contributed by atoms with Gasteiger partial charge in [0, 0.05) is 12.5 Å². The summed E-state index contributed by atoms with van der Waals surface area (Å²) in [5.74, 6) is -2.06. The Balaban J connectivity index is 2.92. The molecule has 0 fully saturated rings. The topological polar surface area (TPSA) is 0 Å². The van der Waals surface area contributed by atoms with Crippen molar-refractivity contribution >= 4 is 12.6 Å². The fourth-order valence-electron chi connectivity index (χ4n) is 1.13. The van der Waals surface area contributed by atoms with Crippen molar-refractivity contribution in [2.75, 3.05) is 5.75 Å². The van der Waals surface area contributed by atoms with E-state index in [0.717, 1.165) is 18.9 Å². The van der Waals surface area contributed by atoms with Gasteiger partial charge in [0.1, 0.15) is 0 Å². The molecule has 0 radical (unpaired) electrons. The second-order valence-corrected chi connectivity index (χ2v) is 3.51. The summed E-state index contributed by atoms with van der Waals surface area (Å²) in [6.45, 7) is 0.910. The highest BCUT2D eigenvalue weighted by Crippen LogP contribution is 2.27. The van der Waals surface area contributed by atoms with E-state index in [2.05, 4.69) is 12.6 Å². The average Bonchev–Trinajstić information content (AvgIpc) is 2.04. The lowest BCUT2D eigenvalue weighted by molar-refractivity contribution is 0.0174. The smallest absolute Gasteiger partial charge is 0.202 e. The molecule has 0 aliphatic carbocycles. The Morgan fingerprint density at radius 1 is 1.38 bits per heavy atom. The maximum absolute atomic E-state index is 12.9. The lowest BCUT2D eigenvalue weighted by atomic mass is 10.1. The molecule has 0 saturated carbocycles. The highest BCUT2D eigenvalue weighted by atomic mass is 32.1. The molecule has 0 heterocycles. The number of rotatable bonds is 3. The normalized spacial score (nSPS) is 11.7. The van der Waals surface area contributed by atoms with E-state index in [-0.39, 0.29) is 5.56 Å². The summed E-state index contributed by atoms with van der Waals surface area (Å²) >= 11 is 4.05. The van der Waals surface area contributed by atoms with Crippen LogP contribution in [0.25, 0.3) is 0 Å². The lowest BCUT2D eigenvalue weighted by Gasteiger charge is -2.11. The molecule has 72 valence electrons. The average molecular weight is 202 g/mol. The Labute approximate surface area is 82.4 Å². The molecular formula is C10H12F2S. The van der Waals surface area contributed by atoms with E-state index in [1.54, 1.807) is 6.07 Å². The molecule has 0 aliphatic rings. The fraction of sp³-hybridized carbons (Fsp3) is 0.400. The van der Waals surface area contributed by atoms with Crippen LogP contribution in [0.15, 0.2) is 24.3 Å².